The SMILES string of the molecule is CCc1ccc(C2=NCc3nncn3-c3ccc(Cl)nc32)cc1. The van der Waals surface area contributed by atoms with Gasteiger partial charge in [0.05, 0.1) is 11.4 Å². The number of hydrogen-bond donors (Lipinski definition) is 0. The molecule has 1 aliphatic rings. The molecule has 1 aliphatic heterocycles. The van der Waals surface area contributed by atoms with Gasteiger partial charge in [0.1, 0.15) is 23.7 Å². The number of aliphatic imine (C=N–C) groups is 1. The smallest absolute Gasteiger partial charge is 0.159 e. The van der Waals surface area contributed by atoms with Crippen LogP contribution in [0.4, 0.5) is 0 Å². The number of nitrogens with zero attached hydrogens (tertiary/aromatic N) is 5. The zero-order chi connectivity index (χ0) is 15.8. The fourth-order valence-electron chi connectivity index (χ4n) is 2.72. The number of aryl methyl sites for hydroxylation is 1. The van der Waals surface area contributed by atoms with Crippen LogP contribution in [0.3, 0.4) is 0 Å². The predicted molar refractivity (Wildman–Crippen MR) is 89.3 cm³/mol. The minimum Gasteiger partial charge on any atom is -0.282 e. The molecule has 0 saturated carbocycles. The molecule has 0 radical (unpaired) electrons. The van der Waals surface area contributed by atoms with E-state index in [1.165, 1.54) is 5.56 Å². The van der Waals surface area contributed by atoms with Gasteiger partial charge in [0, 0.05) is 5.56 Å². The lowest BCUT2D eigenvalue weighted by Gasteiger charge is -2.11. The highest BCUT2D eigenvalue weighted by Crippen LogP contribution is 2.24. The Morgan fingerprint density at radius 1 is 1.13 bits per heavy atom. The standard InChI is InChI=1S/C17H14ClN5/c1-2-11-3-5-12(6-4-11)16-17-13(7-8-14(18)21-17)23-10-20-22-15(23)9-19-16/h3-8,10H,2,9H2,1H3. The normalized spacial score (nSPS) is 13.0. The minimum atomic E-state index is 0.443. The Morgan fingerprint density at radius 3 is 2.74 bits per heavy atom. The quantitative estimate of drug-likeness (QED) is 0.680. The maximum atomic E-state index is 6.12. The molecule has 0 fully saturated rings. The van der Waals surface area contributed by atoms with Crippen molar-refractivity contribution in [2.45, 2.75) is 19.9 Å². The van der Waals surface area contributed by atoms with Gasteiger partial charge in [0.2, 0.25) is 0 Å². The molecule has 23 heavy (non-hydrogen) atoms. The molecule has 1 aromatic carbocycles. The van der Waals surface area contributed by atoms with Crippen molar-refractivity contribution in [2.24, 2.45) is 4.99 Å². The second-order valence-electron chi connectivity index (χ2n) is 5.33. The van der Waals surface area contributed by atoms with E-state index in [0.717, 1.165) is 34.9 Å². The van der Waals surface area contributed by atoms with Crippen molar-refractivity contribution in [1.82, 2.24) is 19.7 Å². The topological polar surface area (TPSA) is 56.0 Å². The molecule has 0 atom stereocenters. The Balaban J connectivity index is 1.91. The van der Waals surface area contributed by atoms with Crippen LogP contribution in [0.15, 0.2) is 47.7 Å². The molecule has 0 spiro atoms. The summed E-state index contributed by atoms with van der Waals surface area (Å²) in [6, 6.07) is 12.1. The largest absolute Gasteiger partial charge is 0.282 e. The molecule has 3 aromatic rings. The van der Waals surface area contributed by atoms with Gasteiger partial charge < -0.3 is 0 Å². The maximum absolute atomic E-state index is 6.12. The monoisotopic (exact) mass is 323 g/mol. The zero-order valence-electron chi connectivity index (χ0n) is 12.6. The molecular formula is C17H14ClN5. The zero-order valence-corrected chi connectivity index (χ0v) is 13.3. The highest BCUT2D eigenvalue weighted by molar-refractivity contribution is 6.29. The molecule has 0 unspecified atom stereocenters. The third kappa shape index (κ3) is 2.43. The third-order valence-corrected chi connectivity index (χ3v) is 4.17. The molecule has 3 heterocycles. The first-order chi connectivity index (χ1) is 11.3. The van der Waals surface area contributed by atoms with Gasteiger partial charge in [-0.15, -0.1) is 10.2 Å². The van der Waals surface area contributed by atoms with Crippen molar-refractivity contribution in [2.75, 3.05) is 0 Å². The summed E-state index contributed by atoms with van der Waals surface area (Å²) in [4.78, 5) is 9.23. The molecular weight excluding hydrogens is 310 g/mol. The summed E-state index contributed by atoms with van der Waals surface area (Å²) in [7, 11) is 0. The van der Waals surface area contributed by atoms with Crippen LogP contribution < -0.4 is 0 Å². The van der Waals surface area contributed by atoms with E-state index in [-0.39, 0.29) is 0 Å². The van der Waals surface area contributed by atoms with Gasteiger partial charge in [-0.05, 0) is 24.1 Å². The van der Waals surface area contributed by atoms with E-state index in [9.17, 15) is 0 Å². The Labute approximate surface area is 138 Å². The van der Waals surface area contributed by atoms with Crippen LogP contribution in [-0.2, 0) is 13.0 Å². The molecule has 114 valence electrons. The Morgan fingerprint density at radius 2 is 1.96 bits per heavy atom. The van der Waals surface area contributed by atoms with Crippen LogP contribution in [0.25, 0.3) is 5.69 Å². The van der Waals surface area contributed by atoms with Gasteiger partial charge in [0.15, 0.2) is 5.82 Å². The van der Waals surface area contributed by atoms with Crippen LogP contribution in [0.2, 0.25) is 5.15 Å². The van der Waals surface area contributed by atoms with Gasteiger partial charge in [-0.3, -0.25) is 9.56 Å². The molecule has 0 aliphatic carbocycles. The average molecular weight is 324 g/mol. The highest BCUT2D eigenvalue weighted by Gasteiger charge is 2.21. The van der Waals surface area contributed by atoms with Crippen molar-refractivity contribution in [1.29, 1.82) is 0 Å². The first-order valence-corrected chi connectivity index (χ1v) is 7.84. The number of hydrogen-bond acceptors (Lipinski definition) is 4. The maximum Gasteiger partial charge on any atom is 0.159 e. The van der Waals surface area contributed by atoms with E-state index < -0.39 is 0 Å². The fraction of sp³-hybridized carbons (Fsp3) is 0.176. The lowest BCUT2D eigenvalue weighted by atomic mass is 10.0. The van der Waals surface area contributed by atoms with Gasteiger partial charge in [-0.1, -0.05) is 42.8 Å². The van der Waals surface area contributed by atoms with Crippen LogP contribution in [0.5, 0.6) is 0 Å². The van der Waals surface area contributed by atoms with E-state index in [0.29, 0.717) is 11.7 Å². The lowest BCUT2D eigenvalue weighted by Crippen LogP contribution is -2.09. The first-order valence-electron chi connectivity index (χ1n) is 7.46. The van der Waals surface area contributed by atoms with Gasteiger partial charge in [0.25, 0.3) is 0 Å². The van der Waals surface area contributed by atoms with Crippen molar-refractivity contribution < 1.29 is 0 Å². The van der Waals surface area contributed by atoms with Gasteiger partial charge >= 0.3 is 0 Å². The van der Waals surface area contributed by atoms with Gasteiger partial charge in [-0.2, -0.15) is 0 Å². The number of benzene rings is 1. The Hall–Kier alpha value is -2.53. The molecule has 4 rings (SSSR count). The van der Waals surface area contributed by atoms with Crippen molar-refractivity contribution in [3.05, 3.63) is 70.5 Å². The first kappa shape index (κ1) is 14.1. The Bertz CT molecular complexity index is 896. The van der Waals surface area contributed by atoms with Crippen molar-refractivity contribution in [3.8, 4) is 5.69 Å². The number of pyridine rings is 1. The lowest BCUT2D eigenvalue weighted by molar-refractivity contribution is 0.869. The molecule has 0 saturated heterocycles. The van der Waals surface area contributed by atoms with E-state index in [4.69, 9.17) is 16.6 Å². The molecule has 2 aromatic heterocycles. The minimum absolute atomic E-state index is 0.443. The molecule has 0 bridgehead atoms. The third-order valence-electron chi connectivity index (χ3n) is 3.96. The fourth-order valence-corrected chi connectivity index (χ4v) is 2.86. The summed E-state index contributed by atoms with van der Waals surface area (Å²) in [5.74, 6) is 0.788. The van der Waals surface area contributed by atoms with E-state index >= 15 is 0 Å². The summed E-state index contributed by atoms with van der Waals surface area (Å²) in [5.41, 5.74) is 4.79. The van der Waals surface area contributed by atoms with Crippen LogP contribution in [0, 0.1) is 0 Å². The summed E-state index contributed by atoms with van der Waals surface area (Å²) < 4.78 is 1.91. The Kier molecular flexibility index (Phi) is 3.42. The summed E-state index contributed by atoms with van der Waals surface area (Å²) in [6.07, 6.45) is 2.69. The van der Waals surface area contributed by atoms with Crippen LogP contribution in [0.1, 0.15) is 29.6 Å². The average Bonchev–Trinajstić information content (AvgIpc) is 2.99. The highest BCUT2D eigenvalue weighted by atomic mass is 35.5. The number of rotatable bonds is 2. The van der Waals surface area contributed by atoms with Crippen LogP contribution >= 0.6 is 11.6 Å². The predicted octanol–water partition coefficient (Wildman–Crippen LogP) is 3.23. The van der Waals surface area contributed by atoms with Crippen molar-refractivity contribution >= 4 is 17.3 Å². The molecule has 6 heteroatoms. The van der Waals surface area contributed by atoms with E-state index in [2.05, 4.69) is 46.4 Å². The molecule has 0 N–H and O–H groups in total. The number of halogens is 1. The van der Waals surface area contributed by atoms with Crippen molar-refractivity contribution in [3.63, 3.8) is 0 Å². The molecule has 5 nitrogen and oxygen atoms in total. The number of aromatic nitrogens is 4. The second-order valence-corrected chi connectivity index (χ2v) is 5.72. The van der Waals surface area contributed by atoms with E-state index in [1.54, 1.807) is 12.4 Å². The summed E-state index contributed by atoms with van der Waals surface area (Å²) >= 11 is 6.12. The summed E-state index contributed by atoms with van der Waals surface area (Å²) in [6.45, 7) is 2.60. The van der Waals surface area contributed by atoms with Crippen LogP contribution in [-0.4, -0.2) is 25.5 Å². The second kappa shape index (κ2) is 5.59. The summed E-state index contributed by atoms with van der Waals surface area (Å²) in [5, 5.41) is 8.55. The number of fused-ring (bicyclic) bond motifs is 3. The van der Waals surface area contributed by atoms with E-state index in [1.807, 2.05) is 10.6 Å². The molecule has 0 amide bonds. The van der Waals surface area contributed by atoms with Gasteiger partial charge in [-0.25, -0.2) is 4.98 Å².